The molecule has 10 heteroatoms. The number of ether oxygens (including phenoxy) is 2. The SMILES string of the molecule is CCCCNc1nc2c(c(=O)n(C)c(=O)n2C)n1CC(O)COc1ccc(OC)cc1. The molecular weight excluding hydrogens is 402 g/mol. The molecule has 0 amide bonds. The van der Waals surface area contributed by atoms with E-state index in [9.17, 15) is 14.7 Å². The third-order valence-corrected chi connectivity index (χ3v) is 5.06. The molecule has 0 saturated heterocycles. The zero-order chi connectivity index (χ0) is 22.5. The van der Waals surface area contributed by atoms with Crippen molar-refractivity contribution in [3.8, 4) is 11.5 Å². The standard InChI is InChI=1S/C21H29N5O5/c1-5-6-11-22-20-23-18-17(19(28)25(3)21(29)24(18)2)26(20)12-14(27)13-31-16-9-7-15(30-4)8-10-16/h7-10,14,27H,5-6,11-13H2,1-4H3,(H,22,23). The first kappa shape index (κ1) is 22.4. The van der Waals surface area contributed by atoms with Crippen molar-refractivity contribution in [1.82, 2.24) is 18.7 Å². The molecule has 0 bridgehead atoms. The average molecular weight is 431 g/mol. The third-order valence-electron chi connectivity index (χ3n) is 5.06. The van der Waals surface area contributed by atoms with Crippen LogP contribution >= 0.6 is 0 Å². The summed E-state index contributed by atoms with van der Waals surface area (Å²) in [5.41, 5.74) is -0.384. The minimum absolute atomic E-state index is 0.0203. The summed E-state index contributed by atoms with van der Waals surface area (Å²) in [7, 11) is 4.58. The highest BCUT2D eigenvalue weighted by molar-refractivity contribution is 5.74. The number of imidazole rings is 1. The molecule has 0 aliphatic carbocycles. The maximum atomic E-state index is 12.8. The fourth-order valence-electron chi connectivity index (χ4n) is 3.26. The van der Waals surface area contributed by atoms with Crippen LogP contribution in [0, 0.1) is 0 Å². The van der Waals surface area contributed by atoms with Gasteiger partial charge in [-0.3, -0.25) is 13.9 Å². The van der Waals surface area contributed by atoms with E-state index in [1.54, 1.807) is 43.0 Å². The van der Waals surface area contributed by atoms with Crippen molar-refractivity contribution in [3.05, 3.63) is 45.1 Å². The van der Waals surface area contributed by atoms with E-state index in [-0.39, 0.29) is 24.3 Å². The van der Waals surface area contributed by atoms with Crippen LogP contribution in [0.5, 0.6) is 11.5 Å². The van der Waals surface area contributed by atoms with Gasteiger partial charge in [0, 0.05) is 20.6 Å². The van der Waals surface area contributed by atoms with E-state index in [2.05, 4.69) is 17.2 Å². The lowest BCUT2D eigenvalue weighted by Crippen LogP contribution is -2.38. The zero-order valence-corrected chi connectivity index (χ0v) is 18.3. The van der Waals surface area contributed by atoms with Crippen molar-refractivity contribution in [2.24, 2.45) is 14.1 Å². The summed E-state index contributed by atoms with van der Waals surface area (Å²) >= 11 is 0. The summed E-state index contributed by atoms with van der Waals surface area (Å²) in [5, 5.41) is 13.8. The van der Waals surface area contributed by atoms with E-state index >= 15 is 0 Å². The number of anilines is 1. The van der Waals surface area contributed by atoms with Crippen LogP contribution in [0.25, 0.3) is 11.2 Å². The molecular formula is C21H29N5O5. The lowest BCUT2D eigenvalue weighted by molar-refractivity contribution is 0.0938. The lowest BCUT2D eigenvalue weighted by Gasteiger charge is -2.16. The Kier molecular flexibility index (Phi) is 7.01. The number of unbranched alkanes of at least 4 members (excludes halogenated alkanes) is 1. The van der Waals surface area contributed by atoms with Gasteiger partial charge in [0.2, 0.25) is 5.95 Å². The molecule has 31 heavy (non-hydrogen) atoms. The molecule has 3 aromatic rings. The molecule has 0 spiro atoms. The second kappa shape index (κ2) is 9.69. The Labute approximate surface area is 179 Å². The molecule has 0 saturated carbocycles. The second-order valence-electron chi connectivity index (χ2n) is 7.34. The molecule has 0 radical (unpaired) electrons. The van der Waals surface area contributed by atoms with Crippen molar-refractivity contribution in [3.63, 3.8) is 0 Å². The summed E-state index contributed by atoms with van der Waals surface area (Å²) in [4.78, 5) is 29.6. The van der Waals surface area contributed by atoms with Crippen LogP contribution in [0.3, 0.4) is 0 Å². The number of benzene rings is 1. The Morgan fingerprint density at radius 3 is 2.45 bits per heavy atom. The Balaban J connectivity index is 1.88. The number of aryl methyl sites for hydroxylation is 1. The van der Waals surface area contributed by atoms with Crippen LogP contribution in [-0.2, 0) is 20.6 Å². The van der Waals surface area contributed by atoms with Gasteiger partial charge in [-0.05, 0) is 30.7 Å². The Morgan fingerprint density at radius 2 is 1.81 bits per heavy atom. The van der Waals surface area contributed by atoms with Gasteiger partial charge in [-0.1, -0.05) is 13.3 Å². The largest absolute Gasteiger partial charge is 0.497 e. The second-order valence-corrected chi connectivity index (χ2v) is 7.34. The average Bonchev–Trinajstić information content (AvgIpc) is 3.13. The normalized spacial score (nSPS) is 12.2. The number of hydrogen-bond donors (Lipinski definition) is 2. The van der Waals surface area contributed by atoms with E-state index in [0.717, 1.165) is 17.4 Å². The molecule has 0 aliphatic heterocycles. The van der Waals surface area contributed by atoms with Crippen molar-refractivity contribution in [2.45, 2.75) is 32.4 Å². The van der Waals surface area contributed by atoms with Crippen LogP contribution < -0.4 is 26.0 Å². The van der Waals surface area contributed by atoms with E-state index in [1.807, 2.05) is 0 Å². The molecule has 0 aliphatic rings. The predicted octanol–water partition coefficient (Wildman–Crippen LogP) is 1.09. The number of hydrogen-bond acceptors (Lipinski definition) is 7. The topological polar surface area (TPSA) is 113 Å². The van der Waals surface area contributed by atoms with E-state index < -0.39 is 17.4 Å². The zero-order valence-electron chi connectivity index (χ0n) is 18.3. The molecule has 1 atom stereocenters. The number of aliphatic hydroxyl groups excluding tert-OH is 1. The van der Waals surface area contributed by atoms with Gasteiger partial charge in [-0.2, -0.15) is 4.98 Å². The van der Waals surface area contributed by atoms with E-state index in [4.69, 9.17) is 9.47 Å². The number of nitrogens with one attached hydrogen (secondary N) is 1. The summed E-state index contributed by atoms with van der Waals surface area (Å²) in [5.74, 6) is 1.74. The van der Waals surface area contributed by atoms with Gasteiger partial charge in [-0.25, -0.2) is 4.79 Å². The maximum Gasteiger partial charge on any atom is 0.332 e. The van der Waals surface area contributed by atoms with Crippen LogP contribution in [0.4, 0.5) is 5.95 Å². The summed E-state index contributed by atoms with van der Waals surface area (Å²) < 4.78 is 14.8. The first-order valence-corrected chi connectivity index (χ1v) is 10.2. The van der Waals surface area contributed by atoms with Crippen LogP contribution in [0.2, 0.25) is 0 Å². The van der Waals surface area contributed by atoms with Gasteiger partial charge >= 0.3 is 5.69 Å². The maximum absolute atomic E-state index is 12.8. The molecule has 3 rings (SSSR count). The van der Waals surface area contributed by atoms with Gasteiger partial charge < -0.3 is 24.5 Å². The monoisotopic (exact) mass is 431 g/mol. The van der Waals surface area contributed by atoms with E-state index in [0.29, 0.717) is 24.0 Å². The molecule has 10 nitrogen and oxygen atoms in total. The summed E-state index contributed by atoms with van der Waals surface area (Å²) in [6, 6.07) is 7.04. The highest BCUT2D eigenvalue weighted by Gasteiger charge is 2.21. The Morgan fingerprint density at radius 1 is 1.13 bits per heavy atom. The van der Waals surface area contributed by atoms with Gasteiger partial charge in [0.05, 0.1) is 13.7 Å². The Bertz CT molecular complexity index is 1150. The summed E-state index contributed by atoms with van der Waals surface area (Å²) in [6.07, 6.45) is 1.00. The molecule has 2 N–H and O–H groups in total. The molecule has 2 heterocycles. The minimum Gasteiger partial charge on any atom is -0.497 e. The van der Waals surface area contributed by atoms with E-state index in [1.165, 1.54) is 11.6 Å². The highest BCUT2D eigenvalue weighted by Crippen LogP contribution is 2.19. The van der Waals surface area contributed by atoms with Gasteiger partial charge in [0.15, 0.2) is 11.2 Å². The first-order chi connectivity index (χ1) is 14.9. The van der Waals surface area contributed by atoms with Crippen LogP contribution in [-0.4, -0.2) is 50.2 Å². The van der Waals surface area contributed by atoms with Crippen LogP contribution in [0.15, 0.2) is 33.9 Å². The minimum atomic E-state index is -0.909. The Hall–Kier alpha value is -3.27. The molecule has 168 valence electrons. The summed E-state index contributed by atoms with van der Waals surface area (Å²) in [6.45, 7) is 2.83. The fourth-order valence-corrected chi connectivity index (χ4v) is 3.26. The molecule has 1 aromatic carbocycles. The van der Waals surface area contributed by atoms with Crippen molar-refractivity contribution in [1.29, 1.82) is 0 Å². The number of methoxy groups -OCH3 is 1. The molecule has 1 unspecified atom stereocenters. The predicted molar refractivity (Wildman–Crippen MR) is 118 cm³/mol. The van der Waals surface area contributed by atoms with Gasteiger partial charge in [-0.15, -0.1) is 0 Å². The van der Waals surface area contributed by atoms with Crippen molar-refractivity contribution < 1.29 is 14.6 Å². The number of nitrogens with zero attached hydrogens (tertiary/aromatic N) is 4. The number of rotatable bonds is 10. The quantitative estimate of drug-likeness (QED) is 0.462. The highest BCUT2D eigenvalue weighted by atomic mass is 16.5. The third kappa shape index (κ3) is 4.74. The number of aromatic nitrogens is 4. The van der Waals surface area contributed by atoms with Gasteiger partial charge in [0.25, 0.3) is 5.56 Å². The smallest absolute Gasteiger partial charge is 0.332 e. The fraction of sp³-hybridized carbons (Fsp3) is 0.476. The van der Waals surface area contributed by atoms with Gasteiger partial charge in [0.1, 0.15) is 24.2 Å². The molecule has 0 fully saturated rings. The van der Waals surface area contributed by atoms with Crippen molar-refractivity contribution >= 4 is 17.1 Å². The molecule has 2 aromatic heterocycles. The number of fused-ring (bicyclic) bond motifs is 1. The van der Waals surface area contributed by atoms with Crippen molar-refractivity contribution in [2.75, 3.05) is 25.6 Å². The lowest BCUT2D eigenvalue weighted by atomic mass is 10.3. The number of aliphatic hydroxyl groups is 1. The first-order valence-electron chi connectivity index (χ1n) is 10.2. The van der Waals surface area contributed by atoms with Crippen LogP contribution in [0.1, 0.15) is 19.8 Å².